The first kappa shape index (κ1) is 20.2. The van der Waals surface area contributed by atoms with E-state index in [1.807, 2.05) is 23.1 Å². The molecule has 4 nitrogen and oxygen atoms in total. The van der Waals surface area contributed by atoms with Gasteiger partial charge in [-0.2, -0.15) is 0 Å². The number of hydrogen-bond acceptors (Lipinski definition) is 3. The molecule has 3 aliphatic carbocycles. The Morgan fingerprint density at radius 3 is 2.64 bits per heavy atom. The van der Waals surface area contributed by atoms with Gasteiger partial charge in [0.15, 0.2) is 0 Å². The fraction of sp³-hybridized carbons (Fsp3) is 0.565. The smallest absolute Gasteiger partial charge is 0.550 e. The van der Waals surface area contributed by atoms with Crippen LogP contribution in [0.4, 0.5) is 0 Å². The first-order chi connectivity index (χ1) is 13.1. The zero-order valence-electron chi connectivity index (χ0n) is 16.5. The van der Waals surface area contributed by atoms with E-state index >= 15 is 0 Å². The Labute approximate surface area is 188 Å². The van der Waals surface area contributed by atoms with Crippen LogP contribution in [0.1, 0.15) is 42.7 Å². The molecule has 1 saturated heterocycles. The van der Waals surface area contributed by atoms with E-state index in [4.69, 9.17) is 0 Å². The van der Waals surface area contributed by atoms with Gasteiger partial charge in [-0.15, -0.1) is 0 Å². The maximum absolute atomic E-state index is 13.0. The van der Waals surface area contributed by atoms with E-state index in [1.54, 1.807) is 0 Å². The summed E-state index contributed by atoms with van der Waals surface area (Å²) in [5.74, 6) is 0.727. The monoisotopic (exact) mass is 387 g/mol. The number of piperidine rings is 1. The molecule has 2 fully saturated rings. The SMILES string of the molecule is O=C([O-])C(CC(=O)N1CC[C@@H]2C3C=CC(C3)[C@@H]2C1)[C@@H]1CCc2ccccc21.[Na+]. The third-order valence-corrected chi connectivity index (χ3v) is 7.68. The van der Waals surface area contributed by atoms with Gasteiger partial charge in [0.05, 0.1) is 0 Å². The van der Waals surface area contributed by atoms with Crippen LogP contribution in [0.15, 0.2) is 36.4 Å². The third-order valence-electron chi connectivity index (χ3n) is 7.68. The van der Waals surface area contributed by atoms with Gasteiger partial charge in [-0.3, -0.25) is 4.79 Å². The molecule has 0 aromatic heterocycles. The van der Waals surface area contributed by atoms with Crippen molar-refractivity contribution in [3.05, 3.63) is 47.5 Å². The van der Waals surface area contributed by atoms with Crippen LogP contribution in [0.5, 0.6) is 0 Å². The molecule has 1 amide bonds. The van der Waals surface area contributed by atoms with Gasteiger partial charge in [0.1, 0.15) is 0 Å². The molecule has 0 N–H and O–H groups in total. The predicted molar refractivity (Wildman–Crippen MR) is 99.5 cm³/mol. The molecule has 28 heavy (non-hydrogen) atoms. The molecule has 1 aromatic rings. The zero-order chi connectivity index (χ0) is 18.5. The Kier molecular flexibility index (Phi) is 5.74. The summed E-state index contributed by atoms with van der Waals surface area (Å²) < 4.78 is 0. The summed E-state index contributed by atoms with van der Waals surface area (Å²) in [5, 5.41) is 11.9. The molecule has 5 rings (SSSR count). The average molecular weight is 387 g/mol. The van der Waals surface area contributed by atoms with E-state index in [0.717, 1.165) is 43.8 Å². The average Bonchev–Trinajstić information content (AvgIpc) is 3.40. The second kappa shape index (κ2) is 7.97. The van der Waals surface area contributed by atoms with E-state index < -0.39 is 11.9 Å². The van der Waals surface area contributed by atoms with Gasteiger partial charge >= 0.3 is 29.6 Å². The van der Waals surface area contributed by atoms with Crippen molar-refractivity contribution in [2.24, 2.45) is 29.6 Å². The number of carboxylic acid groups (broad SMARTS) is 1. The second-order valence-corrected chi connectivity index (χ2v) is 8.88. The molecule has 5 heteroatoms. The molecule has 1 heterocycles. The largest absolute Gasteiger partial charge is 1.00 e. The van der Waals surface area contributed by atoms with E-state index in [2.05, 4.69) is 18.2 Å². The van der Waals surface area contributed by atoms with Gasteiger partial charge in [-0.1, -0.05) is 36.4 Å². The number of carboxylic acids is 1. The quantitative estimate of drug-likeness (QED) is 0.499. The fourth-order valence-electron chi connectivity index (χ4n) is 6.32. The van der Waals surface area contributed by atoms with Gasteiger partial charge in [-0.25, -0.2) is 0 Å². The zero-order valence-corrected chi connectivity index (χ0v) is 18.5. The minimum Gasteiger partial charge on any atom is -0.550 e. The number of aliphatic carboxylic acids is 1. The van der Waals surface area contributed by atoms with Crippen LogP contribution in [0.3, 0.4) is 0 Å². The van der Waals surface area contributed by atoms with Crippen molar-refractivity contribution < 1.29 is 44.3 Å². The van der Waals surface area contributed by atoms with Gasteiger partial charge in [0, 0.05) is 31.4 Å². The second-order valence-electron chi connectivity index (χ2n) is 8.88. The van der Waals surface area contributed by atoms with Gasteiger partial charge in [0.2, 0.25) is 5.91 Å². The number of carbonyl (C=O) groups is 2. The van der Waals surface area contributed by atoms with Crippen molar-refractivity contribution in [2.45, 2.75) is 38.0 Å². The normalized spacial score (nSPS) is 33.1. The molecule has 1 saturated carbocycles. The van der Waals surface area contributed by atoms with E-state index in [-0.39, 0.29) is 47.8 Å². The van der Waals surface area contributed by atoms with Crippen LogP contribution in [0.25, 0.3) is 0 Å². The molecule has 3 unspecified atom stereocenters. The first-order valence-corrected chi connectivity index (χ1v) is 10.4. The topological polar surface area (TPSA) is 60.4 Å². The molecule has 142 valence electrons. The molecule has 2 bridgehead atoms. The maximum Gasteiger partial charge on any atom is 1.00 e. The molecule has 1 aromatic carbocycles. The number of carbonyl (C=O) groups excluding carboxylic acids is 2. The number of allylic oxidation sites excluding steroid dienone is 2. The van der Waals surface area contributed by atoms with Crippen molar-refractivity contribution in [1.82, 2.24) is 4.90 Å². The molecule has 4 aliphatic rings. The Morgan fingerprint density at radius 1 is 1.11 bits per heavy atom. The summed E-state index contributed by atoms with van der Waals surface area (Å²) in [6.45, 7) is 1.58. The van der Waals surface area contributed by atoms with Gasteiger partial charge in [-0.05, 0) is 66.4 Å². The summed E-state index contributed by atoms with van der Waals surface area (Å²) in [6, 6.07) is 8.03. The molecule has 0 radical (unpaired) electrons. The van der Waals surface area contributed by atoms with Crippen LogP contribution >= 0.6 is 0 Å². The van der Waals surface area contributed by atoms with Crippen LogP contribution in [0, 0.1) is 29.6 Å². The van der Waals surface area contributed by atoms with Gasteiger partial charge < -0.3 is 14.8 Å². The minimum atomic E-state index is -1.08. The summed E-state index contributed by atoms with van der Waals surface area (Å²) >= 11 is 0. The van der Waals surface area contributed by atoms with Crippen molar-refractivity contribution in [3.8, 4) is 0 Å². The predicted octanol–water partition coefficient (Wildman–Crippen LogP) is -0.853. The molecule has 6 atom stereocenters. The summed E-state index contributed by atoms with van der Waals surface area (Å²) in [7, 11) is 0. The summed E-state index contributed by atoms with van der Waals surface area (Å²) in [4.78, 5) is 26.8. The molecule has 0 spiro atoms. The Bertz CT molecular complexity index is 807. The Balaban J connectivity index is 0.00000192. The van der Waals surface area contributed by atoms with Crippen molar-refractivity contribution in [3.63, 3.8) is 0 Å². The van der Waals surface area contributed by atoms with Crippen LogP contribution in [0.2, 0.25) is 0 Å². The molecular formula is C23H26NNaO3. The number of amides is 1. The summed E-state index contributed by atoms with van der Waals surface area (Å²) in [5.41, 5.74) is 2.31. The number of likely N-dealkylation sites (tertiary alicyclic amines) is 1. The Hall–Kier alpha value is -1.10. The molecule has 1 aliphatic heterocycles. The number of nitrogens with zero attached hydrogens (tertiary/aromatic N) is 1. The number of hydrogen-bond donors (Lipinski definition) is 0. The van der Waals surface area contributed by atoms with E-state index in [1.165, 1.54) is 12.0 Å². The molecular weight excluding hydrogens is 361 g/mol. The standard InChI is InChI=1S/C23H27NO3.Na/c25-22(24-10-9-18-15-5-6-16(11-15)21(18)13-24)12-20(23(26)27)19-8-7-14-3-1-2-4-17(14)19;/h1-6,15-16,18-21H,7-13H2,(H,26,27);/q;+1/p-1/t15?,16?,18-,19-,20?,21+;/m1./s1. The minimum absolute atomic E-state index is 0. The van der Waals surface area contributed by atoms with Crippen LogP contribution < -0.4 is 34.7 Å². The number of fused-ring (bicyclic) bond motifs is 6. The fourth-order valence-corrected chi connectivity index (χ4v) is 6.32. The van der Waals surface area contributed by atoms with Crippen LogP contribution in [-0.4, -0.2) is 29.9 Å². The third kappa shape index (κ3) is 3.38. The van der Waals surface area contributed by atoms with E-state index in [0.29, 0.717) is 17.8 Å². The number of aryl methyl sites for hydroxylation is 1. The van der Waals surface area contributed by atoms with Crippen LogP contribution in [-0.2, 0) is 16.0 Å². The van der Waals surface area contributed by atoms with Crippen molar-refractivity contribution in [1.29, 1.82) is 0 Å². The van der Waals surface area contributed by atoms with Crippen molar-refractivity contribution >= 4 is 11.9 Å². The maximum atomic E-state index is 13.0. The summed E-state index contributed by atoms with van der Waals surface area (Å²) in [6.07, 6.45) is 8.77. The first-order valence-electron chi connectivity index (χ1n) is 10.4. The van der Waals surface area contributed by atoms with Gasteiger partial charge in [0.25, 0.3) is 0 Å². The number of rotatable bonds is 4. The number of benzene rings is 1. The Morgan fingerprint density at radius 2 is 1.86 bits per heavy atom. The van der Waals surface area contributed by atoms with E-state index in [9.17, 15) is 14.7 Å². The van der Waals surface area contributed by atoms with Crippen molar-refractivity contribution in [2.75, 3.05) is 13.1 Å².